The molecule has 0 aromatic carbocycles. The summed E-state index contributed by atoms with van der Waals surface area (Å²) in [5.41, 5.74) is 0. The zero-order valence-electron chi connectivity index (χ0n) is 7.20. The van der Waals surface area contributed by atoms with Crippen LogP contribution in [0.15, 0.2) is 0 Å². The van der Waals surface area contributed by atoms with Gasteiger partial charge in [0.2, 0.25) is 0 Å². The summed E-state index contributed by atoms with van der Waals surface area (Å²) in [6.45, 7) is 8.42. The first-order chi connectivity index (χ1) is 3.81. The molecule has 0 aliphatic heterocycles. The van der Waals surface area contributed by atoms with E-state index in [1.807, 2.05) is 0 Å². The van der Waals surface area contributed by atoms with E-state index >= 15 is 0 Å². The Morgan fingerprint density at radius 3 is 2.10 bits per heavy atom. The summed E-state index contributed by atoms with van der Waals surface area (Å²) in [7, 11) is 0. The third-order valence-corrected chi connectivity index (χ3v) is 1.54. The van der Waals surface area contributed by atoms with Crippen molar-refractivity contribution in [1.82, 2.24) is 0 Å². The minimum absolute atomic E-state index is 0. The maximum absolute atomic E-state index is 3.99. The molecule has 0 amide bonds. The van der Waals surface area contributed by atoms with Gasteiger partial charge in [-0.15, -0.1) is 0 Å². The smallest absolute Gasteiger partial charge is 1.00 e. The summed E-state index contributed by atoms with van der Waals surface area (Å²) in [6.07, 6.45) is 5.21. The van der Waals surface area contributed by atoms with Gasteiger partial charge >= 0.3 is 23.1 Å². The summed E-state index contributed by atoms with van der Waals surface area (Å²) in [4.78, 5) is 0. The van der Waals surface area contributed by atoms with Gasteiger partial charge in [0.05, 0.1) is 0 Å². The number of hydrogen-bond acceptors (Lipinski definition) is 0. The third kappa shape index (κ3) is 12.2. The summed E-state index contributed by atoms with van der Waals surface area (Å²) >= 11 is 0. The Balaban J connectivity index is -0.000000245. The zero-order chi connectivity index (χ0) is 6.41. The van der Waals surface area contributed by atoms with Crippen molar-refractivity contribution in [3.05, 3.63) is 6.92 Å². The molecule has 0 N–H and O–H groups in total. The predicted octanol–water partition coefficient (Wildman–Crippen LogP) is -0.340. The fourth-order valence-electron chi connectivity index (χ4n) is 0.697. The van der Waals surface area contributed by atoms with Crippen molar-refractivity contribution in [2.45, 2.75) is 39.5 Å². The fourth-order valence-corrected chi connectivity index (χ4v) is 0.697. The van der Waals surface area contributed by atoms with Gasteiger partial charge < -0.3 is 30.9 Å². The van der Waals surface area contributed by atoms with E-state index in [4.69, 9.17) is 0 Å². The number of hydrogen-bond donors (Lipinski definition) is 0. The van der Waals surface area contributed by atoms with Crippen molar-refractivity contribution in [2.75, 3.05) is 0 Å². The molecule has 0 rings (SSSR count). The maximum atomic E-state index is 3.99. The van der Waals surface area contributed by atoms with Crippen LogP contribution < -0.4 is 24.0 Å². The van der Waals surface area contributed by atoms with Crippen molar-refractivity contribution in [1.29, 1.82) is 0 Å². The Morgan fingerprint density at radius 2 is 1.80 bits per heavy atom. The molecule has 0 spiro atoms. The first-order valence-corrected chi connectivity index (χ1v) is 3.64. The van der Waals surface area contributed by atoms with Crippen molar-refractivity contribution in [2.24, 2.45) is 5.92 Å². The predicted molar refractivity (Wildman–Crippen MR) is 44.4 cm³/mol. The first-order valence-electron chi connectivity index (χ1n) is 3.64. The molecule has 1 unspecified atom stereocenters. The van der Waals surface area contributed by atoms with Crippen LogP contribution in [0.25, 0.3) is 0 Å². The monoisotopic (exact) mass is 264 g/mol. The van der Waals surface area contributed by atoms with Crippen molar-refractivity contribution in [3.63, 3.8) is 0 Å². The van der Waals surface area contributed by atoms with Crippen LogP contribution >= 0.6 is 0 Å². The Kier molecular flexibility index (Phi) is 23.0. The van der Waals surface area contributed by atoms with Crippen LogP contribution in [0.4, 0.5) is 0 Å². The van der Waals surface area contributed by atoms with E-state index < -0.39 is 0 Å². The molecule has 10 heavy (non-hydrogen) atoms. The standard InChI is InChI=1S/C8H17.HI.Mg/c1-4-6-7-8(3)5-2;;/h8H,3-7H2,1-2H3;1H;/q-1;;+2/p-1. The van der Waals surface area contributed by atoms with Crippen molar-refractivity contribution < 1.29 is 24.0 Å². The minimum atomic E-state index is 0. The van der Waals surface area contributed by atoms with Gasteiger partial charge in [-0.3, -0.25) is 0 Å². The Morgan fingerprint density at radius 1 is 1.30 bits per heavy atom. The van der Waals surface area contributed by atoms with E-state index in [9.17, 15) is 0 Å². The second-order valence-corrected chi connectivity index (χ2v) is 2.42. The van der Waals surface area contributed by atoms with Gasteiger partial charge in [0, 0.05) is 0 Å². The molecule has 0 heterocycles. The molecule has 0 saturated heterocycles. The quantitative estimate of drug-likeness (QED) is 0.370. The Labute approximate surface area is 98.7 Å². The largest absolute Gasteiger partial charge is 2.00 e. The molecule has 0 saturated carbocycles. The number of rotatable bonds is 4. The van der Waals surface area contributed by atoms with Crippen LogP contribution in [0, 0.1) is 12.8 Å². The topological polar surface area (TPSA) is 0 Å². The average Bonchev–Trinajstić information content (AvgIpc) is 1.83. The fraction of sp³-hybridized carbons (Fsp3) is 0.875. The van der Waals surface area contributed by atoms with Gasteiger partial charge in [-0.1, -0.05) is 39.5 Å². The van der Waals surface area contributed by atoms with Crippen LogP contribution in [0.2, 0.25) is 0 Å². The summed E-state index contributed by atoms with van der Waals surface area (Å²) in [5, 5.41) is 0. The van der Waals surface area contributed by atoms with E-state index in [0.29, 0.717) is 5.92 Å². The molecule has 0 radical (unpaired) electrons. The van der Waals surface area contributed by atoms with Gasteiger partial charge in [-0.05, 0) is 0 Å². The molecule has 0 aliphatic rings. The first kappa shape index (κ1) is 17.5. The third-order valence-electron chi connectivity index (χ3n) is 1.54. The average molecular weight is 264 g/mol. The zero-order valence-corrected chi connectivity index (χ0v) is 10.8. The van der Waals surface area contributed by atoms with E-state index in [1.165, 1.54) is 25.7 Å². The van der Waals surface area contributed by atoms with E-state index in [0.717, 1.165) is 0 Å². The summed E-state index contributed by atoms with van der Waals surface area (Å²) in [5.74, 6) is 0.704. The second-order valence-electron chi connectivity index (χ2n) is 2.42. The van der Waals surface area contributed by atoms with Gasteiger partial charge in [0.25, 0.3) is 0 Å². The maximum Gasteiger partial charge on any atom is 2.00 e. The second kappa shape index (κ2) is 13.1. The molecule has 0 aromatic heterocycles. The van der Waals surface area contributed by atoms with E-state index in [2.05, 4.69) is 20.8 Å². The molecular weight excluding hydrogens is 247 g/mol. The van der Waals surface area contributed by atoms with Crippen LogP contribution in [-0.2, 0) is 0 Å². The molecule has 0 nitrogen and oxygen atoms in total. The van der Waals surface area contributed by atoms with Crippen LogP contribution in [0.1, 0.15) is 39.5 Å². The molecule has 2 heteroatoms. The van der Waals surface area contributed by atoms with Crippen LogP contribution in [0.5, 0.6) is 0 Å². The Hall–Kier alpha value is 1.50. The van der Waals surface area contributed by atoms with E-state index in [-0.39, 0.29) is 47.0 Å². The molecule has 1 atom stereocenters. The van der Waals surface area contributed by atoms with Crippen LogP contribution in [0.3, 0.4) is 0 Å². The number of unbranched alkanes of at least 4 members (excludes halogenated alkanes) is 1. The van der Waals surface area contributed by atoms with Crippen molar-refractivity contribution in [3.8, 4) is 0 Å². The Bertz CT molecular complexity index is 48.5. The molecule has 0 aliphatic carbocycles. The normalized spacial score (nSPS) is 11.1. The summed E-state index contributed by atoms with van der Waals surface area (Å²) < 4.78 is 0. The number of halogens is 1. The molecule has 58 valence electrons. The summed E-state index contributed by atoms with van der Waals surface area (Å²) in [6, 6.07) is 0. The molecule has 0 aromatic rings. The van der Waals surface area contributed by atoms with Gasteiger partial charge in [0.15, 0.2) is 0 Å². The van der Waals surface area contributed by atoms with Gasteiger partial charge in [-0.2, -0.15) is 5.92 Å². The van der Waals surface area contributed by atoms with Crippen LogP contribution in [-0.4, -0.2) is 23.1 Å². The van der Waals surface area contributed by atoms with E-state index in [1.54, 1.807) is 0 Å². The molecular formula is C8H17IMg. The van der Waals surface area contributed by atoms with Gasteiger partial charge in [0.1, 0.15) is 0 Å². The molecule has 0 bridgehead atoms. The van der Waals surface area contributed by atoms with Crippen molar-refractivity contribution >= 4 is 23.1 Å². The SMILES string of the molecule is [CH2-]C(CC)CCCC.[I-].[Mg+2]. The minimum Gasteiger partial charge on any atom is -1.00 e. The molecule has 0 fully saturated rings. The van der Waals surface area contributed by atoms with Gasteiger partial charge in [-0.25, -0.2) is 0 Å².